The van der Waals surface area contributed by atoms with Crippen LogP contribution in [0.15, 0.2) is 12.1 Å². The summed E-state index contributed by atoms with van der Waals surface area (Å²) in [5.74, 6) is -0.0701. The molecule has 1 aliphatic rings. The second kappa shape index (κ2) is 5.78. The lowest BCUT2D eigenvalue weighted by atomic mass is 9.90. The number of benzene rings is 1. The van der Waals surface area contributed by atoms with Crippen molar-refractivity contribution in [3.8, 4) is 5.75 Å². The van der Waals surface area contributed by atoms with Gasteiger partial charge in [0, 0.05) is 18.3 Å². The van der Waals surface area contributed by atoms with Crippen LogP contribution in [0.3, 0.4) is 0 Å². The molecule has 1 saturated heterocycles. The Morgan fingerprint density at radius 1 is 1.42 bits per heavy atom. The Morgan fingerprint density at radius 3 is 2.63 bits per heavy atom. The standard InChI is InChI=1S/C14H19Cl2NO2/c1-3-14(2)8-9(4-5-19-14)17-10-6-11(15)13(18)12(16)7-10/h6-7,9,17-18H,3-5,8H2,1-2H3. The van der Waals surface area contributed by atoms with E-state index in [1.54, 1.807) is 12.1 Å². The molecule has 0 saturated carbocycles. The molecule has 0 aromatic heterocycles. The van der Waals surface area contributed by atoms with Gasteiger partial charge in [-0.15, -0.1) is 0 Å². The summed E-state index contributed by atoms with van der Waals surface area (Å²) < 4.78 is 5.82. The maximum atomic E-state index is 9.55. The predicted molar refractivity (Wildman–Crippen MR) is 79.4 cm³/mol. The van der Waals surface area contributed by atoms with E-state index in [4.69, 9.17) is 27.9 Å². The van der Waals surface area contributed by atoms with Gasteiger partial charge >= 0.3 is 0 Å². The monoisotopic (exact) mass is 303 g/mol. The molecule has 0 bridgehead atoms. The Balaban J connectivity index is 2.09. The zero-order chi connectivity index (χ0) is 14.0. The number of ether oxygens (including phenoxy) is 1. The zero-order valence-corrected chi connectivity index (χ0v) is 12.7. The SMILES string of the molecule is CCC1(C)CC(Nc2cc(Cl)c(O)c(Cl)c2)CCO1. The number of hydrogen-bond donors (Lipinski definition) is 2. The van der Waals surface area contributed by atoms with Crippen molar-refractivity contribution in [1.82, 2.24) is 0 Å². The average Bonchev–Trinajstić information content (AvgIpc) is 2.36. The number of phenolic OH excluding ortho intramolecular Hbond substituents is 1. The van der Waals surface area contributed by atoms with Gasteiger partial charge in [-0.1, -0.05) is 30.1 Å². The lowest BCUT2D eigenvalue weighted by Gasteiger charge is -2.38. The van der Waals surface area contributed by atoms with Gasteiger partial charge in [0.1, 0.15) is 0 Å². The van der Waals surface area contributed by atoms with Crippen molar-refractivity contribution in [3.63, 3.8) is 0 Å². The Morgan fingerprint density at radius 2 is 2.05 bits per heavy atom. The van der Waals surface area contributed by atoms with Crippen LogP contribution in [0.25, 0.3) is 0 Å². The Hall–Kier alpha value is -0.640. The van der Waals surface area contributed by atoms with E-state index in [2.05, 4.69) is 19.2 Å². The molecule has 1 fully saturated rings. The number of phenols is 1. The molecular weight excluding hydrogens is 285 g/mol. The molecular formula is C14H19Cl2NO2. The number of nitrogens with one attached hydrogen (secondary N) is 1. The molecule has 2 rings (SSSR count). The maximum Gasteiger partial charge on any atom is 0.152 e. The van der Waals surface area contributed by atoms with Crippen LogP contribution in [0, 0.1) is 0 Å². The largest absolute Gasteiger partial charge is 0.505 e. The molecule has 0 amide bonds. The third-order valence-electron chi connectivity index (χ3n) is 3.73. The second-order valence-electron chi connectivity index (χ2n) is 5.27. The fraction of sp³-hybridized carbons (Fsp3) is 0.571. The van der Waals surface area contributed by atoms with Crippen molar-refractivity contribution in [2.75, 3.05) is 11.9 Å². The molecule has 2 unspecified atom stereocenters. The van der Waals surface area contributed by atoms with Gasteiger partial charge in [-0.3, -0.25) is 0 Å². The van der Waals surface area contributed by atoms with E-state index >= 15 is 0 Å². The van der Waals surface area contributed by atoms with Crippen molar-refractivity contribution < 1.29 is 9.84 Å². The van der Waals surface area contributed by atoms with E-state index in [-0.39, 0.29) is 21.4 Å². The molecule has 5 heteroatoms. The summed E-state index contributed by atoms with van der Waals surface area (Å²) in [6.45, 7) is 5.02. The first-order valence-corrected chi connectivity index (χ1v) is 7.27. The quantitative estimate of drug-likeness (QED) is 0.810. The molecule has 2 atom stereocenters. The van der Waals surface area contributed by atoms with E-state index < -0.39 is 0 Å². The minimum absolute atomic E-state index is 0.0690. The smallest absolute Gasteiger partial charge is 0.152 e. The summed E-state index contributed by atoms with van der Waals surface area (Å²) in [6, 6.07) is 3.72. The summed E-state index contributed by atoms with van der Waals surface area (Å²) in [5.41, 5.74) is 0.763. The van der Waals surface area contributed by atoms with E-state index in [0.717, 1.165) is 31.6 Å². The molecule has 0 aliphatic carbocycles. The highest BCUT2D eigenvalue weighted by Crippen LogP contribution is 2.36. The van der Waals surface area contributed by atoms with Crippen molar-refractivity contribution in [2.24, 2.45) is 0 Å². The van der Waals surface area contributed by atoms with Gasteiger partial charge in [0.25, 0.3) is 0 Å². The summed E-state index contributed by atoms with van der Waals surface area (Å²) in [6.07, 6.45) is 2.88. The molecule has 1 aromatic rings. The molecule has 0 spiro atoms. The lowest BCUT2D eigenvalue weighted by molar-refractivity contribution is -0.0708. The van der Waals surface area contributed by atoms with Gasteiger partial charge < -0.3 is 15.2 Å². The van der Waals surface area contributed by atoms with Gasteiger partial charge in [0.2, 0.25) is 0 Å². The predicted octanol–water partition coefficient (Wildman–Crippen LogP) is 4.46. The highest BCUT2D eigenvalue weighted by atomic mass is 35.5. The average molecular weight is 304 g/mol. The Bertz CT molecular complexity index is 444. The molecule has 1 aromatic carbocycles. The topological polar surface area (TPSA) is 41.5 Å². The van der Waals surface area contributed by atoms with Gasteiger partial charge in [-0.2, -0.15) is 0 Å². The van der Waals surface area contributed by atoms with Crippen LogP contribution in [0.4, 0.5) is 5.69 Å². The molecule has 1 aliphatic heterocycles. The zero-order valence-electron chi connectivity index (χ0n) is 11.2. The van der Waals surface area contributed by atoms with Crippen molar-refractivity contribution in [1.29, 1.82) is 0 Å². The Kier molecular flexibility index (Phi) is 4.49. The van der Waals surface area contributed by atoms with Crippen LogP contribution in [0.1, 0.15) is 33.1 Å². The van der Waals surface area contributed by atoms with Crippen LogP contribution < -0.4 is 5.32 Å². The third kappa shape index (κ3) is 3.47. The minimum atomic E-state index is -0.0701. The van der Waals surface area contributed by atoms with E-state index in [0.29, 0.717) is 6.04 Å². The van der Waals surface area contributed by atoms with Gasteiger partial charge in [0.15, 0.2) is 5.75 Å². The van der Waals surface area contributed by atoms with Crippen LogP contribution in [0.2, 0.25) is 10.0 Å². The second-order valence-corrected chi connectivity index (χ2v) is 6.09. The summed E-state index contributed by atoms with van der Waals surface area (Å²) in [4.78, 5) is 0. The summed E-state index contributed by atoms with van der Waals surface area (Å²) >= 11 is 11.8. The van der Waals surface area contributed by atoms with E-state index in [1.165, 1.54) is 0 Å². The van der Waals surface area contributed by atoms with Crippen molar-refractivity contribution >= 4 is 28.9 Å². The van der Waals surface area contributed by atoms with Crippen LogP contribution in [0.5, 0.6) is 5.75 Å². The fourth-order valence-electron chi connectivity index (χ4n) is 2.38. The Labute approximate surface area is 123 Å². The van der Waals surface area contributed by atoms with Crippen LogP contribution in [-0.2, 0) is 4.74 Å². The van der Waals surface area contributed by atoms with Crippen molar-refractivity contribution in [3.05, 3.63) is 22.2 Å². The highest BCUT2D eigenvalue weighted by Gasteiger charge is 2.31. The maximum absolute atomic E-state index is 9.55. The number of rotatable bonds is 3. The number of aromatic hydroxyl groups is 1. The molecule has 19 heavy (non-hydrogen) atoms. The van der Waals surface area contributed by atoms with E-state index in [1.807, 2.05) is 0 Å². The minimum Gasteiger partial charge on any atom is -0.505 e. The number of anilines is 1. The lowest BCUT2D eigenvalue weighted by Crippen LogP contribution is -2.41. The first-order valence-electron chi connectivity index (χ1n) is 6.52. The van der Waals surface area contributed by atoms with Crippen LogP contribution >= 0.6 is 23.2 Å². The van der Waals surface area contributed by atoms with Crippen LogP contribution in [-0.4, -0.2) is 23.4 Å². The first-order chi connectivity index (χ1) is 8.93. The number of hydrogen-bond acceptors (Lipinski definition) is 3. The van der Waals surface area contributed by atoms with Crippen molar-refractivity contribution in [2.45, 2.75) is 44.8 Å². The van der Waals surface area contributed by atoms with Gasteiger partial charge in [-0.05, 0) is 38.3 Å². The fourth-order valence-corrected chi connectivity index (χ4v) is 2.87. The molecule has 0 radical (unpaired) electrons. The number of halogens is 2. The third-order valence-corrected chi connectivity index (χ3v) is 4.31. The highest BCUT2D eigenvalue weighted by molar-refractivity contribution is 6.37. The summed E-state index contributed by atoms with van der Waals surface area (Å²) in [7, 11) is 0. The van der Waals surface area contributed by atoms with Gasteiger partial charge in [-0.25, -0.2) is 0 Å². The van der Waals surface area contributed by atoms with E-state index in [9.17, 15) is 5.11 Å². The summed E-state index contributed by atoms with van der Waals surface area (Å²) in [5, 5.41) is 13.5. The molecule has 3 nitrogen and oxygen atoms in total. The molecule has 1 heterocycles. The van der Waals surface area contributed by atoms with Gasteiger partial charge in [0.05, 0.1) is 15.6 Å². The normalized spacial score (nSPS) is 27.3. The first kappa shape index (κ1) is 14.8. The molecule has 106 valence electrons. The molecule has 2 N–H and O–H groups in total.